The van der Waals surface area contributed by atoms with E-state index in [1.807, 2.05) is 43.6 Å². The van der Waals surface area contributed by atoms with Crippen molar-refractivity contribution < 1.29 is 4.79 Å². The number of carbonyl (C=O) groups excluding carboxylic acids is 1. The van der Waals surface area contributed by atoms with Gasteiger partial charge in [-0.15, -0.1) is 12.4 Å². The number of rotatable bonds is 9. The number of benzene rings is 1. The maximum Gasteiger partial charge on any atom is 0.242 e. The number of hydrogen-bond donors (Lipinski definition) is 2. The first-order valence-electron chi connectivity index (χ1n) is 10.0. The van der Waals surface area contributed by atoms with Gasteiger partial charge in [-0.25, -0.2) is 9.67 Å². The number of carbonyl (C=O) groups is 1. The highest BCUT2D eigenvalue weighted by atomic mass is 35.5. The third-order valence-electron chi connectivity index (χ3n) is 5.08. The van der Waals surface area contributed by atoms with E-state index in [9.17, 15) is 4.79 Å². The molecule has 1 saturated carbocycles. The lowest BCUT2D eigenvalue weighted by atomic mass is 10.1. The van der Waals surface area contributed by atoms with Gasteiger partial charge >= 0.3 is 0 Å². The number of nitrogens with zero attached hydrogens (tertiary/aromatic N) is 5. The van der Waals surface area contributed by atoms with Gasteiger partial charge in [0.05, 0.1) is 12.2 Å². The smallest absolute Gasteiger partial charge is 0.242 e. The van der Waals surface area contributed by atoms with Gasteiger partial charge in [-0.05, 0) is 30.7 Å². The molecule has 1 fully saturated rings. The summed E-state index contributed by atoms with van der Waals surface area (Å²) < 4.78 is 3.38. The maximum absolute atomic E-state index is 12.5. The van der Waals surface area contributed by atoms with E-state index in [1.54, 1.807) is 15.6 Å². The van der Waals surface area contributed by atoms with Crippen molar-refractivity contribution in [2.75, 3.05) is 0 Å². The Labute approximate surface area is 182 Å². The van der Waals surface area contributed by atoms with E-state index >= 15 is 0 Å². The molecule has 1 atom stereocenters. The summed E-state index contributed by atoms with van der Waals surface area (Å²) in [5, 5.41) is 11.6. The van der Waals surface area contributed by atoms with Crippen LogP contribution in [0.25, 0.3) is 0 Å². The summed E-state index contributed by atoms with van der Waals surface area (Å²) in [5.41, 5.74) is 8.56. The molecule has 0 bridgehead atoms. The summed E-state index contributed by atoms with van der Waals surface area (Å²) in [6, 6.07) is 9.76. The van der Waals surface area contributed by atoms with Crippen LogP contribution in [0.2, 0.25) is 0 Å². The van der Waals surface area contributed by atoms with E-state index in [1.165, 1.54) is 12.8 Å². The zero-order valence-electron chi connectivity index (χ0n) is 17.1. The molecule has 2 heterocycles. The first kappa shape index (κ1) is 22.0. The minimum Gasteiger partial charge on any atom is -0.350 e. The topological polar surface area (TPSA) is 104 Å². The van der Waals surface area contributed by atoms with E-state index in [4.69, 9.17) is 10.7 Å². The van der Waals surface area contributed by atoms with Crippen molar-refractivity contribution in [1.82, 2.24) is 29.9 Å². The summed E-state index contributed by atoms with van der Waals surface area (Å²) in [7, 11) is 1.85. The van der Waals surface area contributed by atoms with Crippen LogP contribution in [0.5, 0.6) is 0 Å². The van der Waals surface area contributed by atoms with Gasteiger partial charge in [0.2, 0.25) is 5.91 Å². The predicted octanol–water partition coefficient (Wildman–Crippen LogP) is 1.94. The second-order valence-corrected chi connectivity index (χ2v) is 7.79. The molecular formula is C21H28ClN7O. The lowest BCUT2D eigenvalue weighted by Crippen LogP contribution is -2.29. The normalized spacial score (nSPS) is 14.2. The fourth-order valence-corrected chi connectivity index (χ4v) is 3.38. The highest BCUT2D eigenvalue weighted by Gasteiger charge is 2.26. The number of nitrogens with one attached hydrogen (secondary N) is 1. The summed E-state index contributed by atoms with van der Waals surface area (Å²) >= 11 is 0. The van der Waals surface area contributed by atoms with Crippen molar-refractivity contribution in [2.24, 2.45) is 18.7 Å². The second kappa shape index (κ2) is 9.86. The Balaban J connectivity index is 0.00000256. The summed E-state index contributed by atoms with van der Waals surface area (Å²) in [6.45, 7) is 0.539. The molecule has 4 rings (SSSR count). The van der Waals surface area contributed by atoms with Gasteiger partial charge in [0, 0.05) is 31.8 Å². The number of aromatic nitrogens is 5. The van der Waals surface area contributed by atoms with Crippen LogP contribution >= 0.6 is 12.4 Å². The van der Waals surface area contributed by atoms with Crippen LogP contribution in [0.4, 0.5) is 0 Å². The number of halogens is 1. The Hall–Kier alpha value is -2.71. The van der Waals surface area contributed by atoms with Gasteiger partial charge in [-0.1, -0.05) is 30.3 Å². The average molecular weight is 430 g/mol. The molecule has 0 radical (unpaired) electrons. The van der Waals surface area contributed by atoms with Crippen LogP contribution in [0, 0.1) is 5.92 Å². The zero-order chi connectivity index (χ0) is 20.2. The molecule has 1 amide bonds. The summed E-state index contributed by atoms with van der Waals surface area (Å²) in [6.07, 6.45) is 7.58. The van der Waals surface area contributed by atoms with Gasteiger partial charge in [0.1, 0.15) is 12.4 Å². The monoisotopic (exact) mass is 429 g/mol. The lowest BCUT2D eigenvalue weighted by Gasteiger charge is -2.13. The highest BCUT2D eigenvalue weighted by Crippen LogP contribution is 2.32. The molecule has 30 heavy (non-hydrogen) atoms. The van der Waals surface area contributed by atoms with Crippen molar-refractivity contribution in [1.29, 1.82) is 0 Å². The number of nitrogens with two attached hydrogens (primary N) is 1. The van der Waals surface area contributed by atoms with Gasteiger partial charge in [-0.2, -0.15) is 10.2 Å². The van der Waals surface area contributed by atoms with Crippen molar-refractivity contribution >= 4 is 18.3 Å². The largest absolute Gasteiger partial charge is 0.350 e. The molecule has 0 spiro atoms. The summed E-state index contributed by atoms with van der Waals surface area (Å²) in [5.74, 6) is 2.00. The molecule has 1 aliphatic rings. The molecular weight excluding hydrogens is 402 g/mol. The van der Waals surface area contributed by atoms with E-state index in [0.29, 0.717) is 24.7 Å². The van der Waals surface area contributed by atoms with Crippen molar-refractivity contribution in [3.05, 3.63) is 65.5 Å². The fraction of sp³-hybridized carbons (Fsp3) is 0.429. The molecule has 1 aliphatic carbocycles. The Morgan fingerprint density at radius 2 is 2.03 bits per heavy atom. The minimum atomic E-state index is -0.316. The summed E-state index contributed by atoms with van der Waals surface area (Å²) in [4.78, 5) is 17.2. The van der Waals surface area contributed by atoms with Gasteiger partial charge in [0.25, 0.3) is 0 Å². The van der Waals surface area contributed by atoms with Gasteiger partial charge in [0.15, 0.2) is 5.82 Å². The zero-order valence-corrected chi connectivity index (χ0v) is 17.9. The Kier molecular flexibility index (Phi) is 7.23. The lowest BCUT2D eigenvalue weighted by molar-refractivity contribution is -0.122. The molecule has 9 heteroatoms. The van der Waals surface area contributed by atoms with Gasteiger partial charge in [-0.3, -0.25) is 9.48 Å². The molecule has 2 aromatic heterocycles. The van der Waals surface area contributed by atoms with Crippen LogP contribution in [0.1, 0.15) is 41.7 Å². The van der Waals surface area contributed by atoms with Crippen LogP contribution < -0.4 is 11.1 Å². The molecule has 3 N–H and O–H groups in total. The minimum absolute atomic E-state index is 0. The molecule has 0 aliphatic heterocycles. The van der Waals surface area contributed by atoms with Crippen molar-refractivity contribution in [3.8, 4) is 0 Å². The van der Waals surface area contributed by atoms with Crippen LogP contribution in [0.15, 0.2) is 42.7 Å². The van der Waals surface area contributed by atoms with Crippen LogP contribution in [-0.2, 0) is 37.8 Å². The average Bonchev–Trinajstić information content (AvgIpc) is 3.28. The quantitative estimate of drug-likeness (QED) is 0.541. The number of hydrogen-bond acceptors (Lipinski definition) is 5. The van der Waals surface area contributed by atoms with E-state index < -0.39 is 0 Å². The molecule has 3 aromatic rings. The molecule has 8 nitrogen and oxygen atoms in total. The Morgan fingerprint density at radius 1 is 1.27 bits per heavy atom. The van der Waals surface area contributed by atoms with E-state index in [-0.39, 0.29) is 30.9 Å². The highest BCUT2D eigenvalue weighted by molar-refractivity contribution is 5.85. The number of amides is 1. The van der Waals surface area contributed by atoms with Crippen LogP contribution in [0.3, 0.4) is 0 Å². The molecule has 160 valence electrons. The molecule has 0 unspecified atom stereocenters. The Bertz CT molecular complexity index is 965. The SMILES string of the molecule is Cl.Cn1cc(CNC(=O)Cn2nc(CC3CC3)nc2[C@H](N)Cc2ccccc2)cn1. The first-order valence-corrected chi connectivity index (χ1v) is 10.0. The third-order valence-corrected chi connectivity index (χ3v) is 5.08. The number of aryl methyl sites for hydroxylation is 1. The van der Waals surface area contributed by atoms with E-state index in [2.05, 4.69) is 15.5 Å². The first-order chi connectivity index (χ1) is 14.1. The molecule has 1 aromatic carbocycles. The predicted molar refractivity (Wildman–Crippen MR) is 116 cm³/mol. The van der Waals surface area contributed by atoms with Crippen LogP contribution in [-0.4, -0.2) is 30.5 Å². The van der Waals surface area contributed by atoms with Gasteiger partial charge < -0.3 is 11.1 Å². The standard InChI is InChI=1S/C21H27N7O.ClH/c1-27-13-17(12-24-27)11-23-20(29)14-28-21(25-19(26-28)10-16-7-8-16)18(22)9-15-5-3-2-4-6-15;/h2-6,12-13,16,18H,7-11,14,22H2,1H3,(H,23,29);1H/t18-;/m1./s1. The second-order valence-electron chi connectivity index (χ2n) is 7.79. The van der Waals surface area contributed by atoms with Crippen molar-refractivity contribution in [3.63, 3.8) is 0 Å². The molecule has 0 saturated heterocycles. The maximum atomic E-state index is 12.5. The third kappa shape index (κ3) is 5.90. The Morgan fingerprint density at radius 3 is 2.70 bits per heavy atom. The van der Waals surface area contributed by atoms with Crippen molar-refractivity contribution in [2.45, 2.75) is 44.8 Å². The fourth-order valence-electron chi connectivity index (χ4n) is 3.38. The van der Waals surface area contributed by atoms with E-state index in [0.717, 1.165) is 23.4 Å².